The van der Waals surface area contributed by atoms with Crippen molar-refractivity contribution in [2.45, 2.75) is 46.3 Å². The second-order valence-electron chi connectivity index (χ2n) is 6.74. The molecule has 2 unspecified atom stereocenters. The van der Waals surface area contributed by atoms with Crippen LogP contribution >= 0.6 is 11.6 Å². The Morgan fingerprint density at radius 3 is 2.74 bits per heavy atom. The minimum absolute atomic E-state index is 0.298. The van der Waals surface area contributed by atoms with E-state index in [-0.39, 0.29) is 0 Å². The number of piperazine rings is 1. The lowest BCUT2D eigenvalue weighted by Crippen LogP contribution is -2.59. The number of nitrogens with one attached hydrogen (secondary N) is 1. The molecule has 2 rings (SSSR count). The fourth-order valence-electron chi connectivity index (χ4n) is 2.59. The second-order valence-corrected chi connectivity index (χ2v) is 7.17. The van der Waals surface area contributed by atoms with E-state index in [2.05, 4.69) is 50.0 Å². The Morgan fingerprint density at radius 2 is 2.11 bits per heavy atom. The molecule has 2 atom stereocenters. The van der Waals surface area contributed by atoms with Crippen LogP contribution in [0.2, 0.25) is 5.02 Å². The van der Waals surface area contributed by atoms with Crippen LogP contribution in [0.5, 0.6) is 0 Å². The van der Waals surface area contributed by atoms with Crippen molar-refractivity contribution in [3.63, 3.8) is 0 Å². The Balaban J connectivity index is 2.05. The van der Waals surface area contributed by atoms with Gasteiger partial charge >= 0.3 is 0 Å². The van der Waals surface area contributed by atoms with Gasteiger partial charge in [0.15, 0.2) is 0 Å². The van der Waals surface area contributed by atoms with Crippen molar-refractivity contribution in [2.75, 3.05) is 13.1 Å². The second kappa shape index (κ2) is 5.82. The first-order chi connectivity index (χ1) is 8.86. The average molecular weight is 281 g/mol. The van der Waals surface area contributed by atoms with Gasteiger partial charge in [-0.25, -0.2) is 0 Å². The monoisotopic (exact) mass is 280 g/mol. The van der Waals surface area contributed by atoms with Crippen LogP contribution in [0, 0.1) is 5.41 Å². The van der Waals surface area contributed by atoms with Crippen molar-refractivity contribution < 1.29 is 0 Å². The molecule has 0 amide bonds. The van der Waals surface area contributed by atoms with Gasteiger partial charge < -0.3 is 5.32 Å². The predicted molar refractivity (Wildman–Crippen MR) is 82.6 cm³/mol. The van der Waals surface area contributed by atoms with Crippen LogP contribution in [0.4, 0.5) is 0 Å². The van der Waals surface area contributed by atoms with E-state index in [1.807, 2.05) is 12.1 Å². The summed E-state index contributed by atoms with van der Waals surface area (Å²) in [7, 11) is 0. The maximum atomic E-state index is 6.07. The van der Waals surface area contributed by atoms with E-state index in [0.717, 1.165) is 24.7 Å². The van der Waals surface area contributed by atoms with Crippen LogP contribution in [-0.4, -0.2) is 30.1 Å². The number of hydrogen-bond acceptors (Lipinski definition) is 2. The zero-order valence-electron chi connectivity index (χ0n) is 12.4. The highest BCUT2D eigenvalue weighted by molar-refractivity contribution is 6.30. The SMILES string of the molecule is CC1CNC(C(C)(C)C)CN1Cc1cccc(Cl)c1. The van der Waals surface area contributed by atoms with E-state index in [1.54, 1.807) is 0 Å². The molecule has 1 aromatic carbocycles. The Kier molecular flexibility index (Phi) is 4.54. The minimum Gasteiger partial charge on any atom is -0.311 e. The van der Waals surface area contributed by atoms with Crippen molar-refractivity contribution in [3.05, 3.63) is 34.9 Å². The van der Waals surface area contributed by atoms with Gasteiger partial charge in [0, 0.05) is 36.7 Å². The van der Waals surface area contributed by atoms with Crippen LogP contribution < -0.4 is 5.32 Å². The highest BCUT2D eigenvalue weighted by Crippen LogP contribution is 2.24. The van der Waals surface area contributed by atoms with Gasteiger partial charge in [-0.3, -0.25) is 4.90 Å². The highest BCUT2D eigenvalue weighted by atomic mass is 35.5. The summed E-state index contributed by atoms with van der Waals surface area (Å²) in [5, 5.41) is 4.49. The summed E-state index contributed by atoms with van der Waals surface area (Å²) in [6.45, 7) is 12.3. The molecular weight excluding hydrogens is 256 g/mol. The molecule has 0 bridgehead atoms. The molecule has 1 aliphatic heterocycles. The van der Waals surface area contributed by atoms with Crippen molar-refractivity contribution in [3.8, 4) is 0 Å². The quantitative estimate of drug-likeness (QED) is 0.891. The lowest BCUT2D eigenvalue weighted by molar-refractivity contribution is 0.0877. The highest BCUT2D eigenvalue weighted by Gasteiger charge is 2.32. The zero-order chi connectivity index (χ0) is 14.0. The molecule has 1 heterocycles. The van der Waals surface area contributed by atoms with E-state index in [9.17, 15) is 0 Å². The zero-order valence-corrected chi connectivity index (χ0v) is 13.2. The lowest BCUT2D eigenvalue weighted by Gasteiger charge is -2.44. The van der Waals surface area contributed by atoms with E-state index < -0.39 is 0 Å². The number of hydrogen-bond donors (Lipinski definition) is 1. The molecular formula is C16H25ClN2. The molecule has 19 heavy (non-hydrogen) atoms. The van der Waals surface area contributed by atoms with Crippen LogP contribution in [0.15, 0.2) is 24.3 Å². The molecule has 1 aromatic rings. The van der Waals surface area contributed by atoms with Crippen molar-refractivity contribution in [1.29, 1.82) is 0 Å². The van der Waals surface area contributed by atoms with Crippen LogP contribution in [0.3, 0.4) is 0 Å². The van der Waals surface area contributed by atoms with Crippen LogP contribution in [0.1, 0.15) is 33.3 Å². The molecule has 2 nitrogen and oxygen atoms in total. The first-order valence-electron chi connectivity index (χ1n) is 7.08. The summed E-state index contributed by atoms with van der Waals surface area (Å²) in [5.74, 6) is 0. The first-order valence-corrected chi connectivity index (χ1v) is 7.46. The van der Waals surface area contributed by atoms with E-state index >= 15 is 0 Å². The third-order valence-electron chi connectivity index (χ3n) is 4.02. The van der Waals surface area contributed by atoms with Crippen LogP contribution in [0.25, 0.3) is 0 Å². The normalized spacial score (nSPS) is 25.5. The van der Waals surface area contributed by atoms with E-state index in [0.29, 0.717) is 17.5 Å². The van der Waals surface area contributed by atoms with Gasteiger partial charge in [0.05, 0.1) is 0 Å². The van der Waals surface area contributed by atoms with Gasteiger partial charge in [0.2, 0.25) is 0 Å². The summed E-state index contributed by atoms with van der Waals surface area (Å²) in [5.41, 5.74) is 1.60. The van der Waals surface area contributed by atoms with Gasteiger partial charge in [-0.05, 0) is 30.0 Å². The molecule has 1 N–H and O–H groups in total. The van der Waals surface area contributed by atoms with Gasteiger partial charge in [-0.2, -0.15) is 0 Å². The number of nitrogens with zero attached hydrogens (tertiary/aromatic N) is 1. The fourth-order valence-corrected chi connectivity index (χ4v) is 2.80. The van der Waals surface area contributed by atoms with Crippen molar-refractivity contribution in [1.82, 2.24) is 10.2 Å². The Bertz CT molecular complexity index is 425. The topological polar surface area (TPSA) is 15.3 Å². The standard InChI is InChI=1S/C16H25ClN2/c1-12-9-18-15(16(2,3)4)11-19(12)10-13-6-5-7-14(17)8-13/h5-8,12,15,18H,9-11H2,1-4H3. The third-order valence-corrected chi connectivity index (χ3v) is 4.26. The van der Waals surface area contributed by atoms with E-state index in [4.69, 9.17) is 11.6 Å². The third kappa shape index (κ3) is 3.95. The average Bonchev–Trinajstić information content (AvgIpc) is 2.30. The summed E-state index contributed by atoms with van der Waals surface area (Å²) >= 11 is 6.07. The minimum atomic E-state index is 0.298. The van der Waals surface area contributed by atoms with Gasteiger partial charge in [-0.15, -0.1) is 0 Å². The van der Waals surface area contributed by atoms with Crippen LogP contribution in [-0.2, 0) is 6.54 Å². The summed E-state index contributed by atoms with van der Waals surface area (Å²) in [6.07, 6.45) is 0. The number of halogens is 1. The Hall–Kier alpha value is -0.570. The predicted octanol–water partition coefficient (Wildman–Crippen LogP) is 3.55. The maximum Gasteiger partial charge on any atom is 0.0409 e. The number of rotatable bonds is 2. The smallest absolute Gasteiger partial charge is 0.0409 e. The maximum absolute atomic E-state index is 6.07. The molecule has 1 fully saturated rings. The van der Waals surface area contributed by atoms with Crippen molar-refractivity contribution in [2.24, 2.45) is 5.41 Å². The van der Waals surface area contributed by atoms with Gasteiger partial charge in [-0.1, -0.05) is 44.5 Å². The largest absolute Gasteiger partial charge is 0.311 e. The summed E-state index contributed by atoms with van der Waals surface area (Å²) in [4.78, 5) is 2.55. The molecule has 0 aromatic heterocycles. The number of benzene rings is 1. The van der Waals surface area contributed by atoms with E-state index in [1.165, 1.54) is 5.56 Å². The lowest BCUT2D eigenvalue weighted by atomic mass is 9.84. The summed E-state index contributed by atoms with van der Waals surface area (Å²) in [6, 6.07) is 9.31. The molecule has 3 heteroatoms. The Labute approximate surface area is 122 Å². The molecule has 0 aliphatic carbocycles. The van der Waals surface area contributed by atoms with Crippen molar-refractivity contribution >= 4 is 11.6 Å². The molecule has 106 valence electrons. The molecule has 1 saturated heterocycles. The molecule has 1 aliphatic rings. The van der Waals surface area contributed by atoms with Gasteiger partial charge in [0.1, 0.15) is 0 Å². The Morgan fingerprint density at radius 1 is 1.37 bits per heavy atom. The van der Waals surface area contributed by atoms with Gasteiger partial charge in [0.25, 0.3) is 0 Å². The molecule has 0 spiro atoms. The molecule has 0 saturated carbocycles. The molecule has 0 radical (unpaired) electrons. The summed E-state index contributed by atoms with van der Waals surface area (Å²) < 4.78 is 0. The first kappa shape index (κ1) is 14.8. The fraction of sp³-hybridized carbons (Fsp3) is 0.625.